The average Bonchev–Trinajstić information content (AvgIpc) is 2.73. The Labute approximate surface area is 175 Å². The van der Waals surface area contributed by atoms with Gasteiger partial charge in [-0.2, -0.15) is 0 Å². The molecule has 0 aromatic heterocycles. The fraction of sp³-hybridized carbons (Fsp3) is 0.318. The first kappa shape index (κ1) is 22.7. The minimum Gasteiger partial charge on any atom is -0.497 e. The number of anilines is 1. The molecule has 0 unspecified atom stereocenters. The molecule has 2 amide bonds. The third kappa shape index (κ3) is 6.23. The summed E-state index contributed by atoms with van der Waals surface area (Å²) in [6.07, 6.45) is -1.02. The second kappa shape index (κ2) is 10.3. The normalized spacial score (nSPS) is 11.2. The van der Waals surface area contributed by atoms with Crippen molar-refractivity contribution in [2.24, 2.45) is 0 Å². The molecule has 0 bridgehead atoms. The van der Waals surface area contributed by atoms with E-state index < -0.39 is 23.9 Å². The minimum atomic E-state index is -1.02. The van der Waals surface area contributed by atoms with E-state index in [1.807, 2.05) is 32.0 Å². The van der Waals surface area contributed by atoms with Crippen molar-refractivity contribution in [3.8, 4) is 11.5 Å². The molecular weight excluding hydrogens is 388 g/mol. The van der Waals surface area contributed by atoms with Crippen LogP contribution in [0.1, 0.15) is 28.4 Å². The molecule has 2 rings (SSSR count). The first-order chi connectivity index (χ1) is 14.2. The second-order valence-electron chi connectivity index (χ2n) is 6.72. The quantitative estimate of drug-likeness (QED) is 0.644. The van der Waals surface area contributed by atoms with Gasteiger partial charge in [0.15, 0.2) is 6.10 Å². The lowest BCUT2D eigenvalue weighted by atomic mass is 10.1. The Bertz CT molecular complexity index is 919. The van der Waals surface area contributed by atoms with Crippen molar-refractivity contribution < 1.29 is 28.6 Å². The Morgan fingerprint density at radius 3 is 2.20 bits per heavy atom. The number of ether oxygens (including phenoxy) is 3. The molecule has 0 radical (unpaired) electrons. The molecule has 0 saturated heterocycles. The molecule has 0 heterocycles. The molecule has 0 aliphatic rings. The highest BCUT2D eigenvalue weighted by molar-refractivity contribution is 5.98. The van der Waals surface area contributed by atoms with E-state index in [4.69, 9.17) is 14.2 Å². The van der Waals surface area contributed by atoms with Crippen LogP contribution in [0.15, 0.2) is 36.4 Å². The second-order valence-corrected chi connectivity index (χ2v) is 6.72. The van der Waals surface area contributed by atoms with Crippen molar-refractivity contribution in [2.45, 2.75) is 26.9 Å². The van der Waals surface area contributed by atoms with Crippen LogP contribution in [0.2, 0.25) is 0 Å². The summed E-state index contributed by atoms with van der Waals surface area (Å²) >= 11 is 0. The summed E-state index contributed by atoms with van der Waals surface area (Å²) in [4.78, 5) is 36.7. The molecule has 0 aliphatic carbocycles. The van der Waals surface area contributed by atoms with Crippen LogP contribution in [0.3, 0.4) is 0 Å². The Morgan fingerprint density at radius 2 is 1.60 bits per heavy atom. The molecule has 1 atom stereocenters. The summed E-state index contributed by atoms with van der Waals surface area (Å²) in [7, 11) is 2.94. The van der Waals surface area contributed by atoms with Gasteiger partial charge in [-0.05, 0) is 50.1 Å². The number of methoxy groups -OCH3 is 2. The number of carbonyl (C=O) groups excluding carboxylic acids is 3. The van der Waals surface area contributed by atoms with Crippen LogP contribution in [0.25, 0.3) is 0 Å². The number of rotatable bonds is 8. The Morgan fingerprint density at radius 1 is 0.967 bits per heavy atom. The maximum Gasteiger partial charge on any atom is 0.326 e. The number of aryl methyl sites for hydroxylation is 2. The number of benzene rings is 2. The van der Waals surface area contributed by atoms with Crippen LogP contribution in [-0.4, -0.2) is 44.7 Å². The topological polar surface area (TPSA) is 103 Å². The zero-order valence-corrected chi connectivity index (χ0v) is 17.7. The minimum absolute atomic E-state index is 0.264. The van der Waals surface area contributed by atoms with Crippen LogP contribution in [0, 0.1) is 13.8 Å². The smallest absolute Gasteiger partial charge is 0.326 e. The molecule has 2 aromatic rings. The predicted octanol–water partition coefficient (Wildman–Crippen LogP) is 2.62. The fourth-order valence-corrected chi connectivity index (χ4v) is 2.59. The van der Waals surface area contributed by atoms with Crippen LogP contribution in [0.4, 0.5) is 5.69 Å². The highest BCUT2D eigenvalue weighted by Gasteiger charge is 2.19. The zero-order valence-electron chi connectivity index (χ0n) is 17.7. The van der Waals surface area contributed by atoms with Gasteiger partial charge < -0.3 is 24.8 Å². The highest BCUT2D eigenvalue weighted by Crippen LogP contribution is 2.22. The van der Waals surface area contributed by atoms with E-state index in [0.717, 1.165) is 11.1 Å². The van der Waals surface area contributed by atoms with E-state index in [1.54, 1.807) is 6.07 Å². The van der Waals surface area contributed by atoms with Gasteiger partial charge in [0.25, 0.3) is 11.8 Å². The maximum atomic E-state index is 12.3. The molecule has 30 heavy (non-hydrogen) atoms. The molecule has 8 heteroatoms. The number of esters is 1. The molecule has 8 nitrogen and oxygen atoms in total. The van der Waals surface area contributed by atoms with Crippen molar-refractivity contribution in [3.63, 3.8) is 0 Å². The van der Waals surface area contributed by atoms with Crippen molar-refractivity contribution >= 4 is 23.5 Å². The Kier molecular flexibility index (Phi) is 7.80. The van der Waals surface area contributed by atoms with E-state index >= 15 is 0 Å². The van der Waals surface area contributed by atoms with Gasteiger partial charge in [-0.1, -0.05) is 12.1 Å². The van der Waals surface area contributed by atoms with Gasteiger partial charge >= 0.3 is 5.97 Å². The number of amides is 2. The van der Waals surface area contributed by atoms with Gasteiger partial charge in [0.1, 0.15) is 18.0 Å². The SMILES string of the molecule is COc1cc(OC)cc(C(=O)NCC(=O)O[C@H](C)C(=O)Nc2cc(C)ccc2C)c1. The lowest BCUT2D eigenvalue weighted by molar-refractivity contribution is -0.152. The number of carbonyl (C=O) groups is 3. The molecule has 160 valence electrons. The highest BCUT2D eigenvalue weighted by atomic mass is 16.5. The molecule has 0 spiro atoms. The van der Waals surface area contributed by atoms with Crippen molar-refractivity contribution in [1.29, 1.82) is 0 Å². The van der Waals surface area contributed by atoms with Gasteiger partial charge in [-0.3, -0.25) is 14.4 Å². The number of hydrogen-bond donors (Lipinski definition) is 2. The first-order valence-corrected chi connectivity index (χ1v) is 9.32. The Hall–Kier alpha value is -3.55. The maximum absolute atomic E-state index is 12.3. The van der Waals surface area contributed by atoms with Gasteiger partial charge in [0.2, 0.25) is 0 Å². The van der Waals surface area contributed by atoms with Crippen LogP contribution in [-0.2, 0) is 14.3 Å². The van der Waals surface area contributed by atoms with Crippen LogP contribution >= 0.6 is 0 Å². The molecule has 2 N–H and O–H groups in total. The predicted molar refractivity (Wildman–Crippen MR) is 112 cm³/mol. The van der Waals surface area contributed by atoms with E-state index in [-0.39, 0.29) is 12.1 Å². The van der Waals surface area contributed by atoms with Crippen LogP contribution in [0.5, 0.6) is 11.5 Å². The third-order valence-corrected chi connectivity index (χ3v) is 4.34. The van der Waals surface area contributed by atoms with E-state index in [1.165, 1.54) is 33.3 Å². The summed E-state index contributed by atoms with van der Waals surface area (Å²) in [5.41, 5.74) is 2.81. The zero-order chi connectivity index (χ0) is 22.3. The molecule has 0 saturated carbocycles. The Balaban J connectivity index is 1.90. The molecule has 0 aliphatic heterocycles. The largest absolute Gasteiger partial charge is 0.497 e. The number of nitrogens with one attached hydrogen (secondary N) is 2. The van der Waals surface area contributed by atoms with Crippen molar-refractivity contribution in [3.05, 3.63) is 53.1 Å². The standard InChI is InChI=1S/C22H26N2O6/c1-13-6-7-14(2)19(8-13)24-21(26)15(3)30-20(25)12-23-22(27)16-9-17(28-4)11-18(10-16)29-5/h6-11,15H,12H2,1-5H3,(H,23,27)(H,24,26)/t15-/m1/s1. The molecule has 2 aromatic carbocycles. The lowest BCUT2D eigenvalue weighted by Crippen LogP contribution is -2.36. The lowest BCUT2D eigenvalue weighted by Gasteiger charge is -2.15. The van der Waals surface area contributed by atoms with Crippen molar-refractivity contribution in [1.82, 2.24) is 5.32 Å². The summed E-state index contributed by atoms with van der Waals surface area (Å²) in [5.74, 6) is -0.808. The number of hydrogen-bond acceptors (Lipinski definition) is 6. The molecule has 0 fully saturated rings. The van der Waals surface area contributed by atoms with Gasteiger partial charge in [0, 0.05) is 17.3 Å². The van der Waals surface area contributed by atoms with E-state index in [0.29, 0.717) is 17.2 Å². The van der Waals surface area contributed by atoms with Crippen molar-refractivity contribution in [2.75, 3.05) is 26.1 Å². The third-order valence-electron chi connectivity index (χ3n) is 4.34. The summed E-state index contributed by atoms with van der Waals surface area (Å²) < 4.78 is 15.4. The van der Waals surface area contributed by atoms with Crippen LogP contribution < -0.4 is 20.1 Å². The monoisotopic (exact) mass is 414 g/mol. The summed E-state index contributed by atoms with van der Waals surface area (Å²) in [5, 5.41) is 5.20. The van der Waals surface area contributed by atoms with Gasteiger partial charge in [0.05, 0.1) is 14.2 Å². The summed E-state index contributed by atoms with van der Waals surface area (Å²) in [6, 6.07) is 10.3. The van der Waals surface area contributed by atoms with Gasteiger partial charge in [-0.25, -0.2) is 0 Å². The molecular formula is C22H26N2O6. The van der Waals surface area contributed by atoms with Gasteiger partial charge in [-0.15, -0.1) is 0 Å². The van der Waals surface area contributed by atoms with E-state index in [2.05, 4.69) is 10.6 Å². The van der Waals surface area contributed by atoms with E-state index in [9.17, 15) is 14.4 Å². The fourth-order valence-electron chi connectivity index (χ4n) is 2.59. The summed E-state index contributed by atoms with van der Waals surface area (Å²) in [6.45, 7) is 4.86. The first-order valence-electron chi connectivity index (χ1n) is 9.32. The average molecular weight is 414 g/mol.